The van der Waals surface area contributed by atoms with Crippen LogP contribution in [0.15, 0.2) is 35.5 Å². The summed E-state index contributed by atoms with van der Waals surface area (Å²) in [4.78, 5) is 24.5. The lowest BCUT2D eigenvalue weighted by atomic mass is 10.1. The lowest BCUT2D eigenvalue weighted by molar-refractivity contribution is -0.889. The number of quaternary nitrogens is 1. The summed E-state index contributed by atoms with van der Waals surface area (Å²) in [7, 11) is 1.91. The molecule has 1 aliphatic heterocycles. The molecule has 2 rings (SSSR count). The highest BCUT2D eigenvalue weighted by Crippen LogP contribution is 2.07. The van der Waals surface area contributed by atoms with Crippen LogP contribution < -0.4 is 15.5 Å². The van der Waals surface area contributed by atoms with E-state index in [1.54, 1.807) is 13.0 Å². The molecule has 1 aliphatic rings. The minimum absolute atomic E-state index is 0.146. The third kappa shape index (κ3) is 4.79. The van der Waals surface area contributed by atoms with Crippen LogP contribution in [0, 0.1) is 5.82 Å². The predicted octanol–water partition coefficient (Wildman–Crippen LogP) is -0.0296. The molecule has 0 radical (unpaired) electrons. The van der Waals surface area contributed by atoms with E-state index in [-0.39, 0.29) is 25.0 Å². The maximum absolute atomic E-state index is 13.2. The van der Waals surface area contributed by atoms with Gasteiger partial charge < -0.3 is 20.3 Å². The van der Waals surface area contributed by atoms with Gasteiger partial charge in [-0.2, -0.15) is 0 Å². The minimum atomic E-state index is -0.437. The highest BCUT2D eigenvalue weighted by atomic mass is 19.1. The molecule has 0 aromatic heterocycles. The van der Waals surface area contributed by atoms with E-state index in [4.69, 9.17) is 4.74 Å². The average molecular weight is 322 g/mol. The molecule has 1 heterocycles. The first-order valence-corrected chi connectivity index (χ1v) is 7.49. The van der Waals surface area contributed by atoms with E-state index < -0.39 is 5.97 Å². The van der Waals surface area contributed by atoms with Gasteiger partial charge in [-0.3, -0.25) is 0 Å². The number of benzene rings is 1. The van der Waals surface area contributed by atoms with Gasteiger partial charge in [0.25, 0.3) is 0 Å². The first kappa shape index (κ1) is 17.0. The Morgan fingerprint density at radius 3 is 2.87 bits per heavy atom. The SMILES string of the molecule is CCOC(=O)C1=C(C[NH+](C)Cc2cccc(F)c2)NC(=O)NC1. The van der Waals surface area contributed by atoms with Crippen LogP contribution in [-0.4, -0.2) is 38.7 Å². The van der Waals surface area contributed by atoms with Gasteiger partial charge in [-0.15, -0.1) is 0 Å². The van der Waals surface area contributed by atoms with Crippen LogP contribution in [0.3, 0.4) is 0 Å². The van der Waals surface area contributed by atoms with Crippen LogP contribution in [-0.2, 0) is 16.1 Å². The molecule has 23 heavy (non-hydrogen) atoms. The first-order valence-electron chi connectivity index (χ1n) is 7.49. The summed E-state index contributed by atoms with van der Waals surface area (Å²) < 4.78 is 18.3. The van der Waals surface area contributed by atoms with E-state index in [2.05, 4.69) is 10.6 Å². The molecular weight excluding hydrogens is 301 g/mol. The number of rotatable bonds is 6. The second-order valence-electron chi connectivity index (χ2n) is 5.43. The van der Waals surface area contributed by atoms with Gasteiger partial charge in [-0.05, 0) is 19.1 Å². The summed E-state index contributed by atoms with van der Waals surface area (Å²) in [6, 6.07) is 6.03. The van der Waals surface area contributed by atoms with Gasteiger partial charge in [0.05, 0.1) is 31.5 Å². The maximum Gasteiger partial charge on any atom is 0.337 e. The smallest absolute Gasteiger partial charge is 0.337 e. The van der Waals surface area contributed by atoms with Crippen LogP contribution in [0.5, 0.6) is 0 Å². The van der Waals surface area contributed by atoms with Crippen molar-refractivity contribution in [2.45, 2.75) is 13.5 Å². The van der Waals surface area contributed by atoms with Crippen molar-refractivity contribution < 1.29 is 23.6 Å². The Kier molecular flexibility index (Phi) is 5.70. The highest BCUT2D eigenvalue weighted by Gasteiger charge is 2.25. The molecule has 3 N–H and O–H groups in total. The Morgan fingerprint density at radius 2 is 2.17 bits per heavy atom. The minimum Gasteiger partial charge on any atom is -0.463 e. The summed E-state index contributed by atoms with van der Waals surface area (Å²) in [6.07, 6.45) is 0. The number of urea groups is 1. The van der Waals surface area contributed by atoms with Gasteiger partial charge >= 0.3 is 12.0 Å². The number of amides is 2. The fourth-order valence-electron chi connectivity index (χ4n) is 2.46. The van der Waals surface area contributed by atoms with E-state index in [0.29, 0.717) is 24.4 Å². The Balaban J connectivity index is 2.10. The number of carbonyl (C=O) groups excluding carboxylic acids is 2. The summed E-state index contributed by atoms with van der Waals surface area (Å²) in [5.74, 6) is -0.717. The standard InChI is InChI=1S/C16H20FN3O3/c1-3-23-15(21)13-8-18-16(22)19-14(13)10-20(2)9-11-5-4-6-12(17)7-11/h4-7H,3,8-10H2,1-2H3,(H2,18,19,22)/p+1. The van der Waals surface area contributed by atoms with Gasteiger partial charge in [-0.25, -0.2) is 14.0 Å². The molecule has 0 bridgehead atoms. The lowest BCUT2D eigenvalue weighted by Crippen LogP contribution is -3.08. The van der Waals surface area contributed by atoms with Crippen molar-refractivity contribution in [3.05, 3.63) is 46.9 Å². The van der Waals surface area contributed by atoms with Gasteiger partial charge in [0, 0.05) is 5.56 Å². The van der Waals surface area contributed by atoms with E-state index in [0.717, 1.165) is 10.5 Å². The van der Waals surface area contributed by atoms with E-state index in [9.17, 15) is 14.0 Å². The van der Waals surface area contributed by atoms with Crippen LogP contribution in [0.2, 0.25) is 0 Å². The van der Waals surface area contributed by atoms with Crippen molar-refractivity contribution in [3.63, 3.8) is 0 Å². The maximum atomic E-state index is 13.2. The van der Waals surface area contributed by atoms with Crippen LogP contribution in [0.4, 0.5) is 9.18 Å². The van der Waals surface area contributed by atoms with Crippen molar-refractivity contribution in [3.8, 4) is 0 Å². The normalized spacial score (nSPS) is 15.7. The molecule has 124 valence electrons. The number of likely N-dealkylation sites (N-methyl/N-ethyl adjacent to an activating group) is 1. The third-order valence-electron chi connectivity index (χ3n) is 3.45. The van der Waals surface area contributed by atoms with Crippen LogP contribution in [0.1, 0.15) is 12.5 Å². The molecule has 2 amide bonds. The number of nitrogens with one attached hydrogen (secondary N) is 3. The number of hydrogen-bond donors (Lipinski definition) is 3. The van der Waals surface area contributed by atoms with Crippen LogP contribution in [0.25, 0.3) is 0 Å². The Morgan fingerprint density at radius 1 is 1.39 bits per heavy atom. The predicted molar refractivity (Wildman–Crippen MR) is 82.1 cm³/mol. The molecule has 0 saturated heterocycles. The van der Waals surface area contributed by atoms with Crippen LogP contribution >= 0.6 is 0 Å². The topological polar surface area (TPSA) is 71.9 Å². The zero-order valence-corrected chi connectivity index (χ0v) is 13.2. The molecule has 0 aliphatic carbocycles. The second kappa shape index (κ2) is 7.73. The molecule has 1 aromatic carbocycles. The molecule has 0 saturated carbocycles. The molecule has 7 heteroatoms. The molecular formula is C16H21FN3O3+. The van der Waals surface area contributed by atoms with Gasteiger partial charge in [0.1, 0.15) is 18.9 Å². The second-order valence-corrected chi connectivity index (χ2v) is 5.43. The summed E-state index contributed by atoms with van der Waals surface area (Å²) >= 11 is 0. The summed E-state index contributed by atoms with van der Waals surface area (Å²) in [6.45, 7) is 3.15. The number of esters is 1. The van der Waals surface area contributed by atoms with Crippen molar-refractivity contribution in [1.82, 2.24) is 10.6 Å². The van der Waals surface area contributed by atoms with E-state index >= 15 is 0 Å². The molecule has 1 aromatic rings. The molecule has 0 spiro atoms. The van der Waals surface area contributed by atoms with Crippen molar-refractivity contribution in [1.29, 1.82) is 0 Å². The quantitative estimate of drug-likeness (QED) is 0.644. The molecule has 1 atom stereocenters. The Labute approximate surface area is 134 Å². The molecule has 0 fully saturated rings. The van der Waals surface area contributed by atoms with Gasteiger partial charge in [0.15, 0.2) is 0 Å². The lowest BCUT2D eigenvalue weighted by Gasteiger charge is -2.23. The Hall–Kier alpha value is -2.41. The summed E-state index contributed by atoms with van der Waals surface area (Å²) in [5.41, 5.74) is 1.81. The van der Waals surface area contributed by atoms with Crippen molar-refractivity contribution in [2.75, 3.05) is 26.7 Å². The number of hydrogen-bond acceptors (Lipinski definition) is 3. The average Bonchev–Trinajstić information content (AvgIpc) is 2.47. The largest absolute Gasteiger partial charge is 0.463 e. The molecule has 6 nitrogen and oxygen atoms in total. The fraction of sp³-hybridized carbons (Fsp3) is 0.375. The number of halogens is 1. The fourth-order valence-corrected chi connectivity index (χ4v) is 2.46. The molecule has 1 unspecified atom stereocenters. The number of ether oxygens (including phenoxy) is 1. The van der Waals surface area contributed by atoms with Gasteiger partial charge in [-0.1, -0.05) is 12.1 Å². The zero-order chi connectivity index (χ0) is 16.8. The zero-order valence-electron chi connectivity index (χ0n) is 13.2. The monoisotopic (exact) mass is 322 g/mol. The summed E-state index contributed by atoms with van der Waals surface area (Å²) in [5, 5.41) is 5.23. The Bertz CT molecular complexity index is 631. The van der Waals surface area contributed by atoms with E-state index in [1.165, 1.54) is 12.1 Å². The van der Waals surface area contributed by atoms with Gasteiger partial charge in [0.2, 0.25) is 0 Å². The third-order valence-corrected chi connectivity index (χ3v) is 3.45. The van der Waals surface area contributed by atoms with Crippen molar-refractivity contribution >= 4 is 12.0 Å². The van der Waals surface area contributed by atoms with Crippen molar-refractivity contribution in [2.24, 2.45) is 0 Å². The first-order chi connectivity index (χ1) is 11.0. The van der Waals surface area contributed by atoms with E-state index in [1.807, 2.05) is 13.1 Å². The highest BCUT2D eigenvalue weighted by molar-refractivity contribution is 5.93. The number of carbonyl (C=O) groups is 2.